The summed E-state index contributed by atoms with van der Waals surface area (Å²) in [6.07, 6.45) is 0.244. The van der Waals surface area contributed by atoms with Gasteiger partial charge in [0.15, 0.2) is 0 Å². The fraction of sp³-hybridized carbons (Fsp3) is 0.348. The Morgan fingerprint density at radius 3 is 2.50 bits per heavy atom. The summed E-state index contributed by atoms with van der Waals surface area (Å²) < 4.78 is 0. The predicted octanol–water partition coefficient (Wildman–Crippen LogP) is 3.20. The first-order valence-corrected chi connectivity index (χ1v) is 10.4. The van der Waals surface area contributed by atoms with E-state index >= 15 is 0 Å². The number of anilines is 1. The Kier molecular flexibility index (Phi) is 7.11. The van der Waals surface area contributed by atoms with Crippen molar-refractivity contribution < 1.29 is 14.4 Å². The maximum Gasteiger partial charge on any atom is 0.248 e. The van der Waals surface area contributed by atoms with Crippen LogP contribution in [0.2, 0.25) is 5.02 Å². The maximum absolute atomic E-state index is 12.9. The summed E-state index contributed by atoms with van der Waals surface area (Å²) in [6.45, 7) is 4.60. The summed E-state index contributed by atoms with van der Waals surface area (Å²) in [7, 11) is 0. The van der Waals surface area contributed by atoms with Gasteiger partial charge in [-0.3, -0.25) is 19.3 Å². The molecule has 1 saturated heterocycles. The van der Waals surface area contributed by atoms with Crippen LogP contribution in [0.15, 0.2) is 54.6 Å². The average Bonchev–Trinajstić information content (AvgIpc) is 3.10. The number of nitrogens with zero attached hydrogens (tertiary/aromatic N) is 3. The molecule has 0 bridgehead atoms. The molecule has 0 saturated carbocycles. The lowest BCUT2D eigenvalue weighted by molar-refractivity contribution is -0.140. The lowest BCUT2D eigenvalue weighted by atomic mass is 10.1. The van der Waals surface area contributed by atoms with E-state index in [0.717, 1.165) is 5.56 Å². The van der Waals surface area contributed by atoms with Gasteiger partial charge in [0.1, 0.15) is 13.2 Å². The van der Waals surface area contributed by atoms with Crippen molar-refractivity contribution in [1.29, 1.82) is 0 Å². The van der Waals surface area contributed by atoms with Gasteiger partial charge in [-0.25, -0.2) is 0 Å². The number of amides is 3. The van der Waals surface area contributed by atoms with Crippen LogP contribution >= 0.6 is 11.6 Å². The summed E-state index contributed by atoms with van der Waals surface area (Å²) in [5.74, 6) is -0.284. The third-order valence-electron chi connectivity index (χ3n) is 4.87. The standard InChI is InChI=1S/C23H26ClN3O3/c1-17(2)13-25(21(28)11-18-7-4-3-5-8-18)14-22(29)26-15-23(30)27(16-26)20-10-6-9-19(24)12-20/h3-10,12,17H,11,13-16H2,1-2H3. The van der Waals surface area contributed by atoms with Gasteiger partial charge in [-0.2, -0.15) is 0 Å². The lowest BCUT2D eigenvalue weighted by Gasteiger charge is -2.26. The summed E-state index contributed by atoms with van der Waals surface area (Å²) in [6, 6.07) is 16.5. The largest absolute Gasteiger partial charge is 0.333 e. The Hall–Kier alpha value is -2.86. The number of hydrogen-bond acceptors (Lipinski definition) is 3. The second-order valence-corrected chi connectivity index (χ2v) is 8.30. The molecule has 3 amide bonds. The summed E-state index contributed by atoms with van der Waals surface area (Å²) in [5.41, 5.74) is 1.56. The molecule has 2 aromatic rings. The molecule has 0 radical (unpaired) electrons. The van der Waals surface area contributed by atoms with Crippen molar-refractivity contribution in [1.82, 2.24) is 9.80 Å². The Morgan fingerprint density at radius 1 is 1.10 bits per heavy atom. The van der Waals surface area contributed by atoms with Gasteiger partial charge in [0, 0.05) is 17.3 Å². The number of carbonyl (C=O) groups is 3. The number of halogens is 1. The van der Waals surface area contributed by atoms with Crippen molar-refractivity contribution in [2.45, 2.75) is 20.3 Å². The number of carbonyl (C=O) groups excluding carboxylic acids is 3. The first kappa shape index (κ1) is 21.8. The number of rotatable bonds is 7. The molecule has 158 valence electrons. The van der Waals surface area contributed by atoms with E-state index in [1.165, 1.54) is 9.80 Å². The second-order valence-electron chi connectivity index (χ2n) is 7.87. The van der Waals surface area contributed by atoms with E-state index in [1.54, 1.807) is 29.2 Å². The lowest BCUT2D eigenvalue weighted by Crippen LogP contribution is -2.44. The van der Waals surface area contributed by atoms with Crippen molar-refractivity contribution >= 4 is 35.0 Å². The van der Waals surface area contributed by atoms with Crippen molar-refractivity contribution in [3.8, 4) is 0 Å². The maximum atomic E-state index is 12.9. The molecule has 7 heteroatoms. The number of benzene rings is 2. The van der Waals surface area contributed by atoms with Gasteiger partial charge in [0.05, 0.1) is 13.0 Å². The van der Waals surface area contributed by atoms with Gasteiger partial charge in [0.25, 0.3) is 0 Å². The van der Waals surface area contributed by atoms with Crippen molar-refractivity contribution in [2.24, 2.45) is 5.92 Å². The van der Waals surface area contributed by atoms with Gasteiger partial charge in [-0.1, -0.05) is 61.8 Å². The minimum absolute atomic E-state index is 0.00621. The van der Waals surface area contributed by atoms with Crippen LogP contribution in [0.25, 0.3) is 0 Å². The molecule has 0 N–H and O–H groups in total. The van der Waals surface area contributed by atoms with Crippen molar-refractivity contribution in [3.05, 3.63) is 65.2 Å². The SMILES string of the molecule is CC(C)CN(CC(=O)N1CC(=O)N(c2cccc(Cl)c2)C1)C(=O)Cc1ccccc1. The highest BCUT2D eigenvalue weighted by Crippen LogP contribution is 2.23. The quantitative estimate of drug-likeness (QED) is 0.681. The van der Waals surface area contributed by atoms with E-state index in [1.807, 2.05) is 44.2 Å². The molecular formula is C23H26ClN3O3. The monoisotopic (exact) mass is 427 g/mol. The molecule has 1 aliphatic rings. The fourth-order valence-electron chi connectivity index (χ4n) is 3.43. The fourth-order valence-corrected chi connectivity index (χ4v) is 3.61. The summed E-state index contributed by atoms with van der Waals surface area (Å²) in [5, 5.41) is 0.527. The van der Waals surface area contributed by atoms with Crippen molar-refractivity contribution in [3.63, 3.8) is 0 Å². The Morgan fingerprint density at radius 2 is 1.83 bits per heavy atom. The second kappa shape index (κ2) is 9.76. The molecule has 0 aliphatic carbocycles. The molecule has 0 atom stereocenters. The van der Waals surface area contributed by atoms with Crippen LogP contribution < -0.4 is 4.90 Å². The number of hydrogen-bond donors (Lipinski definition) is 0. The molecule has 0 aromatic heterocycles. The third-order valence-corrected chi connectivity index (χ3v) is 5.11. The zero-order valence-electron chi connectivity index (χ0n) is 17.3. The van der Waals surface area contributed by atoms with Crippen LogP contribution in [0.3, 0.4) is 0 Å². The van der Waals surface area contributed by atoms with E-state index in [0.29, 0.717) is 17.3 Å². The Balaban J connectivity index is 1.66. The topological polar surface area (TPSA) is 60.9 Å². The predicted molar refractivity (Wildman–Crippen MR) is 117 cm³/mol. The van der Waals surface area contributed by atoms with Crippen LogP contribution in [-0.4, -0.2) is 53.8 Å². The van der Waals surface area contributed by atoms with Gasteiger partial charge in [-0.15, -0.1) is 0 Å². The molecule has 3 rings (SSSR count). The highest BCUT2D eigenvalue weighted by atomic mass is 35.5. The molecule has 1 heterocycles. The van der Waals surface area contributed by atoms with Gasteiger partial charge in [-0.05, 0) is 29.7 Å². The van der Waals surface area contributed by atoms with Gasteiger partial charge in [0.2, 0.25) is 17.7 Å². The van der Waals surface area contributed by atoms with E-state index in [4.69, 9.17) is 11.6 Å². The van der Waals surface area contributed by atoms with E-state index in [-0.39, 0.29) is 49.8 Å². The molecule has 0 unspecified atom stereocenters. The first-order valence-electron chi connectivity index (χ1n) is 9.99. The molecule has 2 aromatic carbocycles. The molecular weight excluding hydrogens is 402 g/mol. The van der Waals surface area contributed by atoms with E-state index in [2.05, 4.69) is 0 Å². The average molecular weight is 428 g/mol. The molecule has 1 fully saturated rings. The minimum atomic E-state index is -0.241. The summed E-state index contributed by atoms with van der Waals surface area (Å²) in [4.78, 5) is 42.8. The molecule has 0 spiro atoms. The van der Waals surface area contributed by atoms with E-state index in [9.17, 15) is 14.4 Å². The molecule has 30 heavy (non-hydrogen) atoms. The summed E-state index contributed by atoms with van der Waals surface area (Å²) >= 11 is 6.03. The molecule has 6 nitrogen and oxygen atoms in total. The van der Waals surface area contributed by atoms with Crippen molar-refractivity contribution in [2.75, 3.05) is 31.2 Å². The van der Waals surface area contributed by atoms with Crippen LogP contribution in [0.4, 0.5) is 5.69 Å². The Bertz CT molecular complexity index is 917. The minimum Gasteiger partial charge on any atom is -0.333 e. The highest BCUT2D eigenvalue weighted by molar-refractivity contribution is 6.31. The van der Waals surface area contributed by atoms with Crippen LogP contribution in [0, 0.1) is 5.92 Å². The zero-order valence-corrected chi connectivity index (χ0v) is 18.0. The zero-order chi connectivity index (χ0) is 21.7. The van der Waals surface area contributed by atoms with Gasteiger partial charge >= 0.3 is 0 Å². The van der Waals surface area contributed by atoms with Crippen LogP contribution in [0.1, 0.15) is 19.4 Å². The first-order chi connectivity index (χ1) is 14.3. The van der Waals surface area contributed by atoms with Gasteiger partial charge < -0.3 is 9.80 Å². The van der Waals surface area contributed by atoms with E-state index < -0.39 is 0 Å². The molecule has 1 aliphatic heterocycles. The smallest absolute Gasteiger partial charge is 0.248 e. The normalized spacial score (nSPS) is 13.8. The highest BCUT2D eigenvalue weighted by Gasteiger charge is 2.33. The van der Waals surface area contributed by atoms with Crippen LogP contribution in [0.5, 0.6) is 0 Å². The Labute approximate surface area is 182 Å². The van der Waals surface area contributed by atoms with Crippen LogP contribution in [-0.2, 0) is 20.8 Å². The third kappa shape index (κ3) is 5.60.